The molecule has 0 saturated carbocycles. The van der Waals surface area contributed by atoms with E-state index in [-0.39, 0.29) is 24.5 Å². The van der Waals surface area contributed by atoms with Gasteiger partial charge in [-0.2, -0.15) is 0 Å². The summed E-state index contributed by atoms with van der Waals surface area (Å²) >= 11 is 0. The number of benzene rings is 2. The highest BCUT2D eigenvalue weighted by molar-refractivity contribution is 5.93. The summed E-state index contributed by atoms with van der Waals surface area (Å²) in [7, 11) is 1.64. The van der Waals surface area contributed by atoms with Crippen molar-refractivity contribution in [2.45, 2.75) is 32.1 Å². The number of piperazine rings is 1. The van der Waals surface area contributed by atoms with E-state index in [1.54, 1.807) is 16.7 Å². The molecule has 3 aromatic rings. The van der Waals surface area contributed by atoms with Gasteiger partial charge in [-0.25, -0.2) is 4.68 Å². The monoisotopic (exact) mass is 475 g/mol. The van der Waals surface area contributed by atoms with Gasteiger partial charge in [-0.3, -0.25) is 9.59 Å². The molecule has 0 bridgehead atoms. The molecule has 3 heterocycles. The second-order valence-electron chi connectivity index (χ2n) is 8.80. The molecule has 1 saturated heterocycles. The van der Waals surface area contributed by atoms with Gasteiger partial charge in [0.1, 0.15) is 11.9 Å². The van der Waals surface area contributed by atoms with Gasteiger partial charge in [0.15, 0.2) is 5.69 Å². The van der Waals surface area contributed by atoms with Crippen LogP contribution in [-0.2, 0) is 29.1 Å². The van der Waals surface area contributed by atoms with E-state index in [2.05, 4.69) is 10.3 Å². The Hall–Kier alpha value is -3.72. The van der Waals surface area contributed by atoms with Crippen molar-refractivity contribution >= 4 is 11.8 Å². The van der Waals surface area contributed by atoms with Crippen molar-refractivity contribution in [3.05, 3.63) is 77.1 Å². The van der Waals surface area contributed by atoms with E-state index in [1.165, 1.54) is 0 Å². The summed E-state index contributed by atoms with van der Waals surface area (Å²) in [4.78, 5) is 29.4. The molecule has 5 rings (SSSR count). The van der Waals surface area contributed by atoms with E-state index in [1.807, 2.05) is 59.5 Å². The second-order valence-corrected chi connectivity index (χ2v) is 8.80. The third-order valence-electron chi connectivity index (χ3n) is 6.68. The summed E-state index contributed by atoms with van der Waals surface area (Å²) in [6.07, 6.45) is 1.04. The summed E-state index contributed by atoms with van der Waals surface area (Å²) in [5, 5.41) is 8.42. The van der Waals surface area contributed by atoms with E-state index in [9.17, 15) is 9.59 Å². The number of fused-ring (bicyclic) bond motifs is 1. The summed E-state index contributed by atoms with van der Waals surface area (Å²) in [5.41, 5.74) is 3.21. The quantitative estimate of drug-likeness (QED) is 0.544. The van der Waals surface area contributed by atoms with Crippen molar-refractivity contribution in [2.24, 2.45) is 0 Å². The number of amides is 2. The van der Waals surface area contributed by atoms with Crippen molar-refractivity contribution in [1.29, 1.82) is 0 Å². The number of nitrogens with zero attached hydrogens (tertiary/aromatic N) is 5. The molecule has 2 aliphatic rings. The maximum atomic E-state index is 13.2. The number of methoxy groups -OCH3 is 1. The lowest BCUT2D eigenvalue weighted by Gasteiger charge is -2.34. The maximum absolute atomic E-state index is 13.2. The molecule has 2 amide bonds. The lowest BCUT2D eigenvalue weighted by Crippen LogP contribution is -2.50. The molecule has 0 aliphatic carbocycles. The van der Waals surface area contributed by atoms with Crippen molar-refractivity contribution < 1.29 is 19.1 Å². The second kappa shape index (κ2) is 10.3. The van der Waals surface area contributed by atoms with Crippen LogP contribution in [0.15, 0.2) is 54.6 Å². The molecule has 182 valence electrons. The number of aryl methyl sites for hydroxylation is 1. The summed E-state index contributed by atoms with van der Waals surface area (Å²) in [6.45, 7) is 2.78. The maximum Gasteiger partial charge on any atom is 0.276 e. The molecule has 9 nitrogen and oxygen atoms in total. The first-order chi connectivity index (χ1) is 17.1. The third-order valence-corrected chi connectivity index (χ3v) is 6.68. The minimum absolute atomic E-state index is 0.125. The highest BCUT2D eigenvalue weighted by Crippen LogP contribution is 2.28. The standard InChI is InChI=1S/C26H29N5O4/c1-34-21-10-8-20(9-11-21)23-17-31-22(18-35-23)25(27-28-31)26(33)30-15-13-29(14-16-30)24(32)12-7-19-5-3-2-4-6-19/h2-6,8-11,23H,7,12-18H2,1H3/t23-/m1/s1. The van der Waals surface area contributed by atoms with E-state index >= 15 is 0 Å². The molecule has 35 heavy (non-hydrogen) atoms. The third kappa shape index (κ3) is 5.05. The van der Waals surface area contributed by atoms with Gasteiger partial charge in [0.2, 0.25) is 5.91 Å². The number of carbonyl (C=O) groups is 2. The molecular formula is C26H29N5O4. The summed E-state index contributed by atoms with van der Waals surface area (Å²) in [6, 6.07) is 17.7. The fourth-order valence-corrected chi connectivity index (χ4v) is 4.56. The predicted molar refractivity (Wildman–Crippen MR) is 128 cm³/mol. The first-order valence-electron chi connectivity index (χ1n) is 11.9. The van der Waals surface area contributed by atoms with Gasteiger partial charge in [0, 0.05) is 32.6 Å². The molecule has 0 unspecified atom stereocenters. The van der Waals surface area contributed by atoms with Crippen LogP contribution < -0.4 is 4.74 Å². The topological polar surface area (TPSA) is 89.8 Å². The average molecular weight is 476 g/mol. The number of ether oxygens (including phenoxy) is 2. The van der Waals surface area contributed by atoms with Crippen LogP contribution in [0.3, 0.4) is 0 Å². The minimum Gasteiger partial charge on any atom is -0.497 e. The predicted octanol–water partition coefficient (Wildman–Crippen LogP) is 2.48. The number of hydrogen-bond donors (Lipinski definition) is 0. The Morgan fingerprint density at radius 2 is 1.71 bits per heavy atom. The SMILES string of the molecule is COc1ccc([C@H]2Cn3nnc(C(=O)N4CCN(C(=O)CCc5ccccc5)CC4)c3CO2)cc1. The van der Waals surface area contributed by atoms with Crippen LogP contribution in [0, 0.1) is 0 Å². The van der Waals surface area contributed by atoms with Crippen LogP contribution in [0.4, 0.5) is 0 Å². The van der Waals surface area contributed by atoms with Gasteiger partial charge < -0.3 is 19.3 Å². The zero-order valence-corrected chi connectivity index (χ0v) is 19.8. The Labute approximate surface area is 204 Å². The van der Waals surface area contributed by atoms with E-state index in [0.29, 0.717) is 50.5 Å². The van der Waals surface area contributed by atoms with Gasteiger partial charge in [0.25, 0.3) is 5.91 Å². The molecule has 0 spiro atoms. The fourth-order valence-electron chi connectivity index (χ4n) is 4.56. The van der Waals surface area contributed by atoms with Gasteiger partial charge in [-0.1, -0.05) is 47.7 Å². The highest BCUT2D eigenvalue weighted by Gasteiger charge is 2.32. The highest BCUT2D eigenvalue weighted by atomic mass is 16.5. The average Bonchev–Trinajstić information content (AvgIpc) is 3.35. The molecule has 2 aromatic carbocycles. The van der Waals surface area contributed by atoms with Gasteiger partial charge >= 0.3 is 0 Å². The van der Waals surface area contributed by atoms with Crippen molar-refractivity contribution in [2.75, 3.05) is 33.3 Å². The fraction of sp³-hybridized carbons (Fsp3) is 0.385. The first-order valence-corrected chi connectivity index (χ1v) is 11.9. The molecule has 1 atom stereocenters. The normalized spacial score (nSPS) is 17.7. The summed E-state index contributed by atoms with van der Waals surface area (Å²) in [5.74, 6) is 0.756. The zero-order chi connectivity index (χ0) is 24.2. The van der Waals surface area contributed by atoms with Crippen LogP contribution >= 0.6 is 0 Å². The Balaban J connectivity index is 1.16. The molecule has 1 fully saturated rings. The molecule has 0 radical (unpaired) electrons. The smallest absolute Gasteiger partial charge is 0.276 e. The number of hydrogen-bond acceptors (Lipinski definition) is 6. The first kappa shape index (κ1) is 23.0. The summed E-state index contributed by atoms with van der Waals surface area (Å²) < 4.78 is 13.0. The van der Waals surface area contributed by atoms with Gasteiger partial charge in [-0.05, 0) is 29.7 Å². The van der Waals surface area contributed by atoms with Crippen LogP contribution in [0.1, 0.15) is 39.8 Å². The largest absolute Gasteiger partial charge is 0.497 e. The van der Waals surface area contributed by atoms with Crippen molar-refractivity contribution in [3.63, 3.8) is 0 Å². The van der Waals surface area contributed by atoms with E-state index < -0.39 is 0 Å². The van der Waals surface area contributed by atoms with Crippen LogP contribution in [-0.4, -0.2) is 69.9 Å². The number of aromatic nitrogens is 3. The molecule has 0 N–H and O–H groups in total. The van der Waals surface area contributed by atoms with Crippen molar-refractivity contribution in [1.82, 2.24) is 24.8 Å². The number of carbonyl (C=O) groups excluding carboxylic acids is 2. The van der Waals surface area contributed by atoms with Crippen LogP contribution in [0.2, 0.25) is 0 Å². The lowest BCUT2D eigenvalue weighted by atomic mass is 10.1. The van der Waals surface area contributed by atoms with Crippen LogP contribution in [0.25, 0.3) is 0 Å². The van der Waals surface area contributed by atoms with Gasteiger partial charge in [-0.15, -0.1) is 5.10 Å². The number of rotatable bonds is 6. The molecular weight excluding hydrogens is 446 g/mol. The van der Waals surface area contributed by atoms with E-state index in [0.717, 1.165) is 23.3 Å². The molecule has 1 aromatic heterocycles. The lowest BCUT2D eigenvalue weighted by molar-refractivity contribution is -0.132. The van der Waals surface area contributed by atoms with Gasteiger partial charge in [0.05, 0.1) is 26.0 Å². The Morgan fingerprint density at radius 1 is 1.00 bits per heavy atom. The Kier molecular flexibility index (Phi) is 6.76. The zero-order valence-electron chi connectivity index (χ0n) is 19.8. The molecule has 9 heteroatoms. The Morgan fingerprint density at radius 3 is 2.43 bits per heavy atom. The Bertz CT molecular complexity index is 1170. The van der Waals surface area contributed by atoms with Crippen LogP contribution in [0.5, 0.6) is 5.75 Å². The van der Waals surface area contributed by atoms with E-state index in [4.69, 9.17) is 9.47 Å². The molecule has 2 aliphatic heterocycles. The van der Waals surface area contributed by atoms with Crippen molar-refractivity contribution in [3.8, 4) is 5.75 Å². The minimum atomic E-state index is -0.163.